The zero-order valence-corrected chi connectivity index (χ0v) is 9.45. The molecule has 0 amide bonds. The van der Waals surface area contributed by atoms with Gasteiger partial charge in [0.2, 0.25) is 0 Å². The molecule has 2 saturated heterocycles. The second-order valence-electron chi connectivity index (χ2n) is 4.51. The molecule has 108 valence electrons. The largest absolute Gasteiger partial charge is 0.477 e. The first-order valence-electron chi connectivity index (χ1n) is 5.52. The normalized spacial score (nSPS) is 30.4. The summed E-state index contributed by atoms with van der Waals surface area (Å²) < 4.78 is 61.2. The van der Waals surface area contributed by atoms with Crippen molar-refractivity contribution in [3.8, 4) is 0 Å². The highest BCUT2D eigenvalue weighted by Crippen LogP contribution is 2.40. The first kappa shape index (κ1) is 14.0. The van der Waals surface area contributed by atoms with Gasteiger partial charge in [0.05, 0.1) is 12.2 Å². The Morgan fingerprint density at radius 1 is 1.16 bits per heavy atom. The quantitative estimate of drug-likeness (QED) is 0.621. The summed E-state index contributed by atoms with van der Waals surface area (Å²) in [5.41, 5.74) is 0. The third-order valence-corrected chi connectivity index (χ3v) is 3.23. The van der Waals surface area contributed by atoms with Gasteiger partial charge in [-0.3, -0.25) is 0 Å². The Morgan fingerprint density at radius 2 is 1.79 bits per heavy atom. The van der Waals surface area contributed by atoms with Crippen LogP contribution in [0.2, 0.25) is 0 Å². The SMILES string of the molecule is O=C(O)C(F)(F)C(F)(F)C(=O)OC1CC2CCC1O2. The van der Waals surface area contributed by atoms with Gasteiger partial charge in [-0.25, -0.2) is 9.59 Å². The molecule has 0 spiro atoms. The summed E-state index contributed by atoms with van der Waals surface area (Å²) in [6, 6.07) is 0. The Morgan fingerprint density at radius 3 is 2.21 bits per heavy atom. The number of carboxylic acid groups (broad SMARTS) is 1. The number of halogens is 4. The average Bonchev–Trinajstić information content (AvgIpc) is 2.90. The van der Waals surface area contributed by atoms with Gasteiger partial charge in [-0.2, -0.15) is 17.6 Å². The van der Waals surface area contributed by atoms with E-state index in [2.05, 4.69) is 4.74 Å². The number of fused-ring (bicyclic) bond motifs is 2. The smallest absolute Gasteiger partial charge is 0.415 e. The van der Waals surface area contributed by atoms with Crippen LogP contribution in [-0.4, -0.2) is 47.2 Å². The number of rotatable bonds is 4. The molecule has 19 heavy (non-hydrogen) atoms. The topological polar surface area (TPSA) is 72.8 Å². The molecule has 0 radical (unpaired) electrons. The molecule has 2 aliphatic rings. The Hall–Kier alpha value is -1.38. The number of ether oxygens (including phenoxy) is 2. The van der Waals surface area contributed by atoms with Gasteiger partial charge in [-0.1, -0.05) is 0 Å². The monoisotopic (exact) mass is 286 g/mol. The van der Waals surface area contributed by atoms with Crippen LogP contribution >= 0.6 is 0 Å². The number of hydrogen-bond acceptors (Lipinski definition) is 4. The second-order valence-corrected chi connectivity index (χ2v) is 4.51. The van der Waals surface area contributed by atoms with Crippen molar-refractivity contribution >= 4 is 11.9 Å². The molecular formula is C10H10F4O5. The third-order valence-electron chi connectivity index (χ3n) is 3.23. The lowest BCUT2D eigenvalue weighted by Gasteiger charge is -2.25. The first-order valence-corrected chi connectivity index (χ1v) is 5.52. The van der Waals surface area contributed by atoms with Gasteiger partial charge in [0.25, 0.3) is 0 Å². The zero-order valence-electron chi connectivity index (χ0n) is 9.45. The number of carboxylic acids is 1. The summed E-state index contributed by atoms with van der Waals surface area (Å²) in [4.78, 5) is 21.2. The highest BCUT2D eigenvalue weighted by molar-refractivity contribution is 5.89. The van der Waals surface area contributed by atoms with E-state index in [1.165, 1.54) is 0 Å². The molecule has 3 unspecified atom stereocenters. The number of esters is 1. The lowest BCUT2D eigenvalue weighted by Crippen LogP contribution is -2.54. The number of carbonyl (C=O) groups excluding carboxylic acids is 1. The van der Waals surface area contributed by atoms with E-state index in [0.29, 0.717) is 12.8 Å². The van der Waals surface area contributed by atoms with Crippen molar-refractivity contribution in [3.63, 3.8) is 0 Å². The second kappa shape index (κ2) is 4.32. The Bertz CT molecular complexity index is 411. The van der Waals surface area contributed by atoms with E-state index in [1.54, 1.807) is 0 Å². The van der Waals surface area contributed by atoms with Crippen LogP contribution < -0.4 is 0 Å². The molecule has 0 aliphatic carbocycles. The van der Waals surface area contributed by atoms with Crippen LogP contribution in [-0.2, 0) is 19.1 Å². The van der Waals surface area contributed by atoms with Gasteiger partial charge in [0, 0.05) is 6.42 Å². The van der Waals surface area contributed by atoms with E-state index in [0.717, 1.165) is 0 Å². The van der Waals surface area contributed by atoms with Crippen molar-refractivity contribution in [1.82, 2.24) is 0 Å². The van der Waals surface area contributed by atoms with E-state index in [4.69, 9.17) is 9.84 Å². The van der Waals surface area contributed by atoms with Gasteiger partial charge < -0.3 is 14.6 Å². The molecule has 2 rings (SSSR count). The van der Waals surface area contributed by atoms with Gasteiger partial charge >= 0.3 is 23.8 Å². The fourth-order valence-electron chi connectivity index (χ4n) is 2.19. The third kappa shape index (κ3) is 2.15. The maximum atomic E-state index is 13.1. The van der Waals surface area contributed by atoms with E-state index in [1.807, 2.05) is 0 Å². The molecule has 0 aromatic rings. The number of carbonyl (C=O) groups is 2. The van der Waals surface area contributed by atoms with Crippen LogP contribution in [0.25, 0.3) is 0 Å². The lowest BCUT2D eigenvalue weighted by atomic mass is 9.98. The van der Waals surface area contributed by atoms with E-state index >= 15 is 0 Å². The Labute approximate surface area is 104 Å². The van der Waals surface area contributed by atoms with E-state index in [-0.39, 0.29) is 12.5 Å². The standard InChI is InChI=1S/C10H10F4O5/c11-9(12,7(15)16)10(13,14)8(17)19-6-3-4-1-2-5(6)18-4/h4-6H,1-3H2,(H,15,16). The number of alkyl halides is 4. The summed E-state index contributed by atoms with van der Waals surface area (Å²) in [6.07, 6.45) is -0.490. The summed E-state index contributed by atoms with van der Waals surface area (Å²) in [6.45, 7) is 0. The molecular weight excluding hydrogens is 276 g/mol. The minimum atomic E-state index is -5.51. The molecule has 9 heteroatoms. The van der Waals surface area contributed by atoms with Gasteiger partial charge in [0.1, 0.15) is 6.10 Å². The van der Waals surface area contributed by atoms with E-state index in [9.17, 15) is 27.2 Å². The zero-order chi connectivity index (χ0) is 14.4. The van der Waals surface area contributed by atoms with Crippen LogP contribution in [0.3, 0.4) is 0 Å². The predicted molar refractivity (Wildman–Crippen MR) is 49.9 cm³/mol. The van der Waals surface area contributed by atoms with E-state index < -0.39 is 36.0 Å². The van der Waals surface area contributed by atoms with Gasteiger partial charge in [-0.05, 0) is 12.8 Å². The van der Waals surface area contributed by atoms with Crippen molar-refractivity contribution in [1.29, 1.82) is 0 Å². The number of aliphatic carboxylic acids is 1. The minimum absolute atomic E-state index is 0.158. The van der Waals surface area contributed by atoms with Gasteiger partial charge in [0.15, 0.2) is 0 Å². The minimum Gasteiger partial charge on any atom is -0.477 e. The molecule has 0 aromatic heterocycles. The van der Waals surface area contributed by atoms with Crippen LogP contribution in [0, 0.1) is 0 Å². The highest BCUT2D eigenvalue weighted by Gasteiger charge is 2.69. The molecule has 5 nitrogen and oxygen atoms in total. The predicted octanol–water partition coefficient (Wildman–Crippen LogP) is 1.20. The number of hydrogen-bond donors (Lipinski definition) is 1. The Balaban J connectivity index is 2.05. The van der Waals surface area contributed by atoms with Crippen LogP contribution in [0.4, 0.5) is 17.6 Å². The molecule has 2 bridgehead atoms. The summed E-state index contributed by atoms with van der Waals surface area (Å²) >= 11 is 0. The molecule has 3 atom stereocenters. The fourth-order valence-corrected chi connectivity index (χ4v) is 2.19. The highest BCUT2D eigenvalue weighted by atomic mass is 19.3. The first-order chi connectivity index (χ1) is 8.66. The Kier molecular flexibility index (Phi) is 3.20. The summed E-state index contributed by atoms with van der Waals surface area (Å²) in [5, 5.41) is 8.03. The fraction of sp³-hybridized carbons (Fsp3) is 0.800. The molecule has 0 saturated carbocycles. The van der Waals surface area contributed by atoms with Crippen LogP contribution in [0.1, 0.15) is 19.3 Å². The molecule has 1 N–H and O–H groups in total. The molecule has 2 heterocycles. The lowest BCUT2D eigenvalue weighted by molar-refractivity contribution is -0.238. The summed E-state index contributed by atoms with van der Waals surface area (Å²) in [7, 11) is 0. The average molecular weight is 286 g/mol. The molecule has 0 aromatic carbocycles. The van der Waals surface area contributed by atoms with Crippen LogP contribution in [0.15, 0.2) is 0 Å². The van der Waals surface area contributed by atoms with Crippen molar-refractivity contribution in [2.75, 3.05) is 0 Å². The van der Waals surface area contributed by atoms with Crippen molar-refractivity contribution < 1.29 is 41.7 Å². The maximum Gasteiger partial charge on any atom is 0.415 e. The van der Waals surface area contributed by atoms with Gasteiger partial charge in [-0.15, -0.1) is 0 Å². The van der Waals surface area contributed by atoms with Crippen molar-refractivity contribution in [3.05, 3.63) is 0 Å². The molecule has 2 aliphatic heterocycles. The van der Waals surface area contributed by atoms with Crippen molar-refractivity contribution in [2.24, 2.45) is 0 Å². The van der Waals surface area contributed by atoms with Crippen molar-refractivity contribution in [2.45, 2.75) is 49.4 Å². The molecule has 2 fully saturated rings. The maximum absolute atomic E-state index is 13.1. The van der Waals surface area contributed by atoms with Crippen LogP contribution in [0.5, 0.6) is 0 Å². The summed E-state index contributed by atoms with van der Waals surface area (Å²) in [5.74, 6) is -16.6.